The minimum Gasteiger partial charge on any atom is -0.341 e. The molecule has 2 aromatic rings. The molecule has 25 heavy (non-hydrogen) atoms. The first-order valence-corrected chi connectivity index (χ1v) is 7.86. The van der Waals surface area contributed by atoms with Crippen LogP contribution < -0.4 is 10.6 Å². The van der Waals surface area contributed by atoms with Gasteiger partial charge in [0.1, 0.15) is 6.04 Å². The van der Waals surface area contributed by atoms with E-state index in [1.165, 1.54) is 24.3 Å². The lowest BCUT2D eigenvalue weighted by molar-refractivity contribution is -0.384. The van der Waals surface area contributed by atoms with Gasteiger partial charge >= 0.3 is 0 Å². The Balaban J connectivity index is 2.04. The first kappa shape index (κ1) is 18.1. The number of para-hydroxylation sites is 1. The molecule has 0 saturated carbocycles. The van der Waals surface area contributed by atoms with Crippen molar-refractivity contribution in [1.29, 1.82) is 0 Å². The van der Waals surface area contributed by atoms with Gasteiger partial charge in [-0.05, 0) is 31.0 Å². The number of benzene rings is 2. The van der Waals surface area contributed by atoms with Crippen molar-refractivity contribution >= 4 is 23.2 Å². The van der Waals surface area contributed by atoms with E-state index in [1.54, 1.807) is 13.0 Å². The number of nitro groups is 1. The number of non-ortho nitro benzene ring substituents is 1. The van der Waals surface area contributed by atoms with Gasteiger partial charge in [0.05, 0.1) is 4.92 Å². The molecule has 0 bridgehead atoms. The Morgan fingerprint density at radius 2 is 1.88 bits per heavy atom. The summed E-state index contributed by atoms with van der Waals surface area (Å²) in [4.78, 5) is 34.7. The number of nitrogens with one attached hydrogen (secondary N) is 2. The Labute approximate surface area is 145 Å². The van der Waals surface area contributed by atoms with Crippen molar-refractivity contribution in [3.8, 4) is 0 Å². The van der Waals surface area contributed by atoms with E-state index in [9.17, 15) is 19.7 Å². The lowest BCUT2D eigenvalue weighted by atomic mass is 10.1. The van der Waals surface area contributed by atoms with Gasteiger partial charge in [-0.1, -0.05) is 31.2 Å². The van der Waals surface area contributed by atoms with E-state index < -0.39 is 16.9 Å². The van der Waals surface area contributed by atoms with Crippen molar-refractivity contribution in [3.63, 3.8) is 0 Å². The van der Waals surface area contributed by atoms with Gasteiger partial charge < -0.3 is 10.6 Å². The van der Waals surface area contributed by atoms with Gasteiger partial charge in [0, 0.05) is 23.4 Å². The third-order valence-corrected chi connectivity index (χ3v) is 3.72. The fourth-order valence-corrected chi connectivity index (χ4v) is 2.30. The van der Waals surface area contributed by atoms with Crippen molar-refractivity contribution in [3.05, 3.63) is 69.8 Å². The normalized spacial score (nSPS) is 11.4. The van der Waals surface area contributed by atoms with Gasteiger partial charge in [-0.15, -0.1) is 0 Å². The van der Waals surface area contributed by atoms with Gasteiger partial charge in [0.15, 0.2) is 0 Å². The molecular weight excluding hydrogens is 322 g/mol. The zero-order valence-corrected chi connectivity index (χ0v) is 14.0. The van der Waals surface area contributed by atoms with Crippen LogP contribution in [0.4, 0.5) is 11.4 Å². The lowest BCUT2D eigenvalue weighted by Crippen LogP contribution is -2.41. The van der Waals surface area contributed by atoms with Crippen molar-refractivity contribution in [2.75, 3.05) is 5.32 Å². The largest absolute Gasteiger partial charge is 0.341 e. The van der Waals surface area contributed by atoms with Crippen molar-refractivity contribution < 1.29 is 14.5 Å². The van der Waals surface area contributed by atoms with Crippen LogP contribution in [0.25, 0.3) is 0 Å². The molecular formula is C18H19N3O4. The summed E-state index contributed by atoms with van der Waals surface area (Å²) in [7, 11) is 0. The molecule has 7 nitrogen and oxygen atoms in total. The molecule has 0 radical (unpaired) electrons. The Kier molecular flexibility index (Phi) is 5.84. The predicted molar refractivity (Wildman–Crippen MR) is 94.5 cm³/mol. The first-order chi connectivity index (χ1) is 11.9. The average molecular weight is 341 g/mol. The summed E-state index contributed by atoms with van der Waals surface area (Å²) in [5.74, 6) is -0.908. The highest BCUT2D eigenvalue weighted by Gasteiger charge is 2.18. The fraction of sp³-hybridized carbons (Fsp3) is 0.222. The molecule has 0 aliphatic rings. The molecule has 1 atom stereocenters. The summed E-state index contributed by atoms with van der Waals surface area (Å²) in [6, 6.07) is 12.0. The lowest BCUT2D eigenvalue weighted by Gasteiger charge is -2.16. The molecule has 2 amide bonds. The number of aryl methyl sites for hydroxylation is 1. The number of hydrogen-bond donors (Lipinski definition) is 2. The third-order valence-electron chi connectivity index (χ3n) is 3.72. The number of nitrogens with zero attached hydrogens (tertiary/aromatic N) is 1. The van der Waals surface area contributed by atoms with Crippen LogP contribution in [0.1, 0.15) is 29.8 Å². The number of hydrogen-bond acceptors (Lipinski definition) is 4. The number of anilines is 1. The average Bonchev–Trinajstić information content (AvgIpc) is 2.62. The molecule has 0 saturated heterocycles. The second-order valence-electron chi connectivity index (χ2n) is 5.50. The van der Waals surface area contributed by atoms with Crippen molar-refractivity contribution in [1.82, 2.24) is 5.32 Å². The molecule has 0 aromatic heterocycles. The van der Waals surface area contributed by atoms with Gasteiger partial charge in [-0.25, -0.2) is 0 Å². The van der Waals surface area contributed by atoms with Crippen LogP contribution in [0.3, 0.4) is 0 Å². The number of nitro benzene ring substituents is 1. The van der Waals surface area contributed by atoms with Crippen LogP contribution in [-0.4, -0.2) is 22.8 Å². The molecule has 0 aliphatic carbocycles. The second kappa shape index (κ2) is 8.05. The van der Waals surface area contributed by atoms with E-state index >= 15 is 0 Å². The monoisotopic (exact) mass is 341 g/mol. The first-order valence-electron chi connectivity index (χ1n) is 7.86. The maximum absolute atomic E-state index is 12.3. The number of carbonyl (C=O) groups excluding carboxylic acids is 2. The molecule has 7 heteroatoms. The molecule has 0 spiro atoms. The van der Waals surface area contributed by atoms with Crippen LogP contribution in [0.2, 0.25) is 0 Å². The SMILES string of the molecule is CCc1ccccc1NC(=O)C(C)NC(=O)c1cccc([N+](=O)[O-])c1. The highest BCUT2D eigenvalue weighted by molar-refractivity contribution is 6.01. The Bertz CT molecular complexity index is 804. The smallest absolute Gasteiger partial charge is 0.270 e. The topological polar surface area (TPSA) is 101 Å². The third kappa shape index (κ3) is 4.63. The number of rotatable bonds is 6. The van der Waals surface area contributed by atoms with E-state index in [2.05, 4.69) is 10.6 Å². The molecule has 2 aromatic carbocycles. The van der Waals surface area contributed by atoms with Gasteiger partial charge in [0.25, 0.3) is 11.6 Å². The van der Waals surface area contributed by atoms with Gasteiger partial charge in [0.2, 0.25) is 5.91 Å². The van der Waals surface area contributed by atoms with Gasteiger partial charge in [-0.2, -0.15) is 0 Å². The van der Waals surface area contributed by atoms with Crippen molar-refractivity contribution in [2.24, 2.45) is 0 Å². The molecule has 2 rings (SSSR count). The van der Waals surface area contributed by atoms with Crippen molar-refractivity contribution in [2.45, 2.75) is 26.3 Å². The summed E-state index contributed by atoms with van der Waals surface area (Å²) >= 11 is 0. The highest BCUT2D eigenvalue weighted by Crippen LogP contribution is 2.16. The van der Waals surface area contributed by atoms with Crippen LogP contribution in [0, 0.1) is 10.1 Å². The maximum Gasteiger partial charge on any atom is 0.270 e. The predicted octanol–water partition coefficient (Wildman–Crippen LogP) is 2.91. The Morgan fingerprint density at radius 1 is 1.16 bits per heavy atom. The summed E-state index contributed by atoms with van der Waals surface area (Å²) in [5.41, 5.74) is 1.64. The van der Waals surface area contributed by atoms with Crippen LogP contribution in [0.5, 0.6) is 0 Å². The molecule has 130 valence electrons. The van der Waals surface area contributed by atoms with E-state index in [0.29, 0.717) is 5.69 Å². The highest BCUT2D eigenvalue weighted by atomic mass is 16.6. The molecule has 1 unspecified atom stereocenters. The standard InChI is InChI=1S/C18H19N3O4/c1-3-13-7-4-5-10-16(13)20-17(22)12(2)19-18(23)14-8-6-9-15(11-14)21(24)25/h4-12H,3H2,1-2H3,(H,19,23)(H,20,22). The minimum atomic E-state index is -0.795. The zero-order valence-electron chi connectivity index (χ0n) is 14.0. The number of amides is 2. The van der Waals surface area contributed by atoms with E-state index in [0.717, 1.165) is 12.0 Å². The summed E-state index contributed by atoms with van der Waals surface area (Å²) in [6.45, 7) is 3.54. The molecule has 0 fully saturated rings. The fourth-order valence-electron chi connectivity index (χ4n) is 2.30. The number of carbonyl (C=O) groups is 2. The molecule has 0 aliphatic heterocycles. The maximum atomic E-state index is 12.3. The quantitative estimate of drug-likeness (QED) is 0.623. The van der Waals surface area contributed by atoms with Crippen LogP contribution >= 0.6 is 0 Å². The molecule has 2 N–H and O–H groups in total. The summed E-state index contributed by atoms with van der Waals surface area (Å²) in [6.07, 6.45) is 0.769. The van der Waals surface area contributed by atoms with Gasteiger partial charge in [-0.3, -0.25) is 19.7 Å². The zero-order chi connectivity index (χ0) is 18.4. The van der Waals surface area contributed by atoms with E-state index in [4.69, 9.17) is 0 Å². The minimum absolute atomic E-state index is 0.128. The van der Waals surface area contributed by atoms with Crippen LogP contribution in [0.15, 0.2) is 48.5 Å². The van der Waals surface area contributed by atoms with E-state index in [1.807, 2.05) is 25.1 Å². The Hall–Kier alpha value is -3.22. The summed E-state index contributed by atoms with van der Waals surface area (Å²) < 4.78 is 0. The van der Waals surface area contributed by atoms with E-state index in [-0.39, 0.29) is 17.2 Å². The Morgan fingerprint density at radius 3 is 2.56 bits per heavy atom. The second-order valence-corrected chi connectivity index (χ2v) is 5.50. The van der Waals surface area contributed by atoms with Crippen LogP contribution in [-0.2, 0) is 11.2 Å². The summed E-state index contributed by atoms with van der Waals surface area (Å²) in [5, 5.41) is 16.1. The molecule has 0 heterocycles.